The molecule has 1 aromatic heterocycles. The van der Waals surface area contributed by atoms with E-state index in [1.165, 1.54) is 16.7 Å². The van der Waals surface area contributed by atoms with Gasteiger partial charge in [-0.05, 0) is 35.9 Å². The molecule has 1 aliphatic rings. The zero-order valence-electron chi connectivity index (χ0n) is 13.7. The SMILES string of the molecule is CCSC1=C(c2ccc(C)cc2)C(=O)N(Cc2ccncc2)C1=O. The first-order valence-corrected chi connectivity index (χ1v) is 8.79. The summed E-state index contributed by atoms with van der Waals surface area (Å²) in [5, 5.41) is 0. The van der Waals surface area contributed by atoms with E-state index in [0.717, 1.165) is 22.4 Å². The van der Waals surface area contributed by atoms with Gasteiger partial charge in [0.05, 0.1) is 17.0 Å². The van der Waals surface area contributed by atoms with Crippen LogP contribution in [0.2, 0.25) is 0 Å². The molecule has 0 atom stereocenters. The number of aromatic nitrogens is 1. The number of imide groups is 1. The predicted molar refractivity (Wildman–Crippen MR) is 96.0 cm³/mol. The maximum atomic E-state index is 12.9. The van der Waals surface area contributed by atoms with Crippen LogP contribution < -0.4 is 0 Å². The molecule has 2 heterocycles. The fourth-order valence-electron chi connectivity index (χ4n) is 2.62. The summed E-state index contributed by atoms with van der Waals surface area (Å²) in [6, 6.07) is 11.4. The van der Waals surface area contributed by atoms with E-state index in [9.17, 15) is 9.59 Å². The average Bonchev–Trinajstić information content (AvgIpc) is 2.82. The fourth-order valence-corrected chi connectivity index (χ4v) is 3.49. The highest BCUT2D eigenvalue weighted by Crippen LogP contribution is 2.36. The van der Waals surface area contributed by atoms with Gasteiger partial charge in [-0.1, -0.05) is 36.8 Å². The van der Waals surface area contributed by atoms with Gasteiger partial charge < -0.3 is 0 Å². The number of amides is 2. The number of carbonyl (C=O) groups is 2. The Labute approximate surface area is 145 Å². The largest absolute Gasteiger partial charge is 0.269 e. The lowest BCUT2D eigenvalue weighted by atomic mass is 10.0. The molecule has 0 N–H and O–H groups in total. The molecule has 0 saturated heterocycles. The Morgan fingerprint density at radius 2 is 1.67 bits per heavy atom. The van der Waals surface area contributed by atoms with Crippen LogP contribution in [0.4, 0.5) is 0 Å². The highest BCUT2D eigenvalue weighted by atomic mass is 32.2. The Morgan fingerprint density at radius 1 is 1.00 bits per heavy atom. The normalized spacial score (nSPS) is 14.7. The van der Waals surface area contributed by atoms with Crippen LogP contribution in [0.3, 0.4) is 0 Å². The second kappa shape index (κ2) is 7.01. The highest BCUT2D eigenvalue weighted by molar-refractivity contribution is 8.04. The van der Waals surface area contributed by atoms with Gasteiger partial charge in [-0.3, -0.25) is 19.5 Å². The quantitative estimate of drug-likeness (QED) is 0.784. The van der Waals surface area contributed by atoms with Crippen molar-refractivity contribution in [3.05, 3.63) is 70.4 Å². The highest BCUT2D eigenvalue weighted by Gasteiger charge is 2.38. The van der Waals surface area contributed by atoms with E-state index >= 15 is 0 Å². The summed E-state index contributed by atoms with van der Waals surface area (Å²) in [6.45, 7) is 4.24. The third-order valence-corrected chi connectivity index (χ3v) is 4.80. The van der Waals surface area contributed by atoms with Crippen LogP contribution in [-0.2, 0) is 16.1 Å². The molecule has 5 heteroatoms. The Morgan fingerprint density at radius 3 is 2.29 bits per heavy atom. The number of pyridine rings is 1. The molecule has 122 valence electrons. The molecular formula is C19H18N2O2S. The zero-order chi connectivity index (χ0) is 17.1. The number of thioether (sulfide) groups is 1. The second-order valence-corrected chi connectivity index (χ2v) is 6.83. The number of nitrogens with zero attached hydrogens (tertiary/aromatic N) is 2. The third kappa shape index (κ3) is 3.12. The van der Waals surface area contributed by atoms with Crippen LogP contribution in [-0.4, -0.2) is 27.5 Å². The molecule has 0 bridgehead atoms. The van der Waals surface area contributed by atoms with Crippen molar-refractivity contribution in [1.82, 2.24) is 9.88 Å². The number of benzene rings is 1. The summed E-state index contributed by atoms with van der Waals surface area (Å²) in [4.78, 5) is 31.5. The lowest BCUT2D eigenvalue weighted by molar-refractivity contribution is -0.137. The monoisotopic (exact) mass is 338 g/mol. The molecule has 0 spiro atoms. The van der Waals surface area contributed by atoms with Crippen molar-refractivity contribution in [3.8, 4) is 0 Å². The van der Waals surface area contributed by atoms with E-state index in [4.69, 9.17) is 0 Å². The van der Waals surface area contributed by atoms with Crippen molar-refractivity contribution in [2.75, 3.05) is 5.75 Å². The van der Waals surface area contributed by atoms with Gasteiger partial charge in [0.2, 0.25) is 0 Å². The number of carbonyl (C=O) groups excluding carboxylic acids is 2. The summed E-state index contributed by atoms with van der Waals surface area (Å²) < 4.78 is 0. The first-order valence-electron chi connectivity index (χ1n) is 7.81. The molecule has 0 aliphatic carbocycles. The van der Waals surface area contributed by atoms with Crippen LogP contribution in [0, 0.1) is 6.92 Å². The topological polar surface area (TPSA) is 50.3 Å². The molecule has 0 saturated carbocycles. The van der Waals surface area contributed by atoms with Crippen molar-refractivity contribution in [2.45, 2.75) is 20.4 Å². The summed E-state index contributed by atoms with van der Waals surface area (Å²) in [7, 11) is 0. The molecule has 0 fully saturated rings. The fraction of sp³-hybridized carbons (Fsp3) is 0.211. The van der Waals surface area contributed by atoms with Gasteiger partial charge in [-0.25, -0.2) is 0 Å². The van der Waals surface area contributed by atoms with Gasteiger partial charge in [-0.15, -0.1) is 11.8 Å². The minimum Gasteiger partial charge on any atom is -0.269 e. The van der Waals surface area contributed by atoms with Crippen LogP contribution >= 0.6 is 11.8 Å². The molecule has 3 rings (SSSR count). The summed E-state index contributed by atoms with van der Waals surface area (Å²) in [6.07, 6.45) is 3.33. The second-order valence-electron chi connectivity index (χ2n) is 5.56. The maximum absolute atomic E-state index is 12.9. The molecule has 0 radical (unpaired) electrons. The number of hydrogen-bond donors (Lipinski definition) is 0. The maximum Gasteiger partial charge on any atom is 0.268 e. The summed E-state index contributed by atoms with van der Waals surface area (Å²) >= 11 is 1.43. The first kappa shape index (κ1) is 16.5. The lowest BCUT2D eigenvalue weighted by Gasteiger charge is -2.15. The lowest BCUT2D eigenvalue weighted by Crippen LogP contribution is -2.30. The molecule has 0 unspecified atom stereocenters. The molecule has 1 aliphatic heterocycles. The van der Waals surface area contributed by atoms with Crippen molar-refractivity contribution in [2.24, 2.45) is 0 Å². The van der Waals surface area contributed by atoms with Crippen LogP contribution in [0.1, 0.15) is 23.6 Å². The van der Waals surface area contributed by atoms with Crippen LogP contribution in [0.25, 0.3) is 5.57 Å². The van der Waals surface area contributed by atoms with E-state index in [1.807, 2.05) is 50.2 Å². The van der Waals surface area contributed by atoms with Crippen LogP contribution in [0.15, 0.2) is 53.7 Å². The molecule has 2 aromatic rings. The third-order valence-electron chi connectivity index (χ3n) is 3.84. The molecule has 4 nitrogen and oxygen atoms in total. The van der Waals surface area contributed by atoms with Gasteiger partial charge in [-0.2, -0.15) is 0 Å². The van der Waals surface area contributed by atoms with E-state index in [0.29, 0.717) is 10.5 Å². The average molecular weight is 338 g/mol. The van der Waals surface area contributed by atoms with Crippen molar-refractivity contribution < 1.29 is 9.59 Å². The minimum absolute atomic E-state index is 0.209. The molecular weight excluding hydrogens is 320 g/mol. The number of aryl methyl sites for hydroxylation is 1. The smallest absolute Gasteiger partial charge is 0.268 e. The minimum atomic E-state index is -0.225. The summed E-state index contributed by atoms with van der Waals surface area (Å²) in [5.74, 6) is 0.308. The molecule has 24 heavy (non-hydrogen) atoms. The Balaban J connectivity index is 1.97. The summed E-state index contributed by atoms with van der Waals surface area (Å²) in [5.41, 5.74) is 3.32. The van der Waals surface area contributed by atoms with Crippen molar-refractivity contribution in [1.29, 1.82) is 0 Å². The number of hydrogen-bond acceptors (Lipinski definition) is 4. The molecule has 2 amide bonds. The Bertz CT molecular complexity index is 798. The van der Waals surface area contributed by atoms with Gasteiger partial charge in [0.1, 0.15) is 0 Å². The standard InChI is InChI=1S/C19H18N2O2S/c1-3-24-17-16(15-6-4-13(2)5-7-15)18(22)21(19(17)23)12-14-8-10-20-11-9-14/h4-11H,3,12H2,1-2H3. The van der Waals surface area contributed by atoms with E-state index in [1.54, 1.807) is 12.4 Å². The van der Waals surface area contributed by atoms with Gasteiger partial charge >= 0.3 is 0 Å². The molecule has 1 aromatic carbocycles. The van der Waals surface area contributed by atoms with Gasteiger partial charge in [0.25, 0.3) is 11.8 Å². The van der Waals surface area contributed by atoms with Crippen molar-refractivity contribution in [3.63, 3.8) is 0 Å². The predicted octanol–water partition coefficient (Wildman–Crippen LogP) is 3.42. The van der Waals surface area contributed by atoms with Gasteiger partial charge in [0, 0.05) is 12.4 Å². The van der Waals surface area contributed by atoms with Gasteiger partial charge in [0.15, 0.2) is 0 Å². The van der Waals surface area contributed by atoms with E-state index < -0.39 is 0 Å². The van der Waals surface area contributed by atoms with E-state index in [-0.39, 0.29) is 18.4 Å². The Kier molecular flexibility index (Phi) is 4.81. The van der Waals surface area contributed by atoms with Crippen LogP contribution in [0.5, 0.6) is 0 Å². The zero-order valence-corrected chi connectivity index (χ0v) is 14.5. The first-order chi connectivity index (χ1) is 11.6. The van der Waals surface area contributed by atoms with E-state index in [2.05, 4.69) is 4.98 Å². The van der Waals surface area contributed by atoms with Crippen molar-refractivity contribution >= 4 is 29.1 Å². The number of rotatable bonds is 5. The Hall–Kier alpha value is -2.40.